The summed E-state index contributed by atoms with van der Waals surface area (Å²) in [6.07, 6.45) is 7.12. The van der Waals surface area contributed by atoms with Crippen LogP contribution >= 0.6 is 0 Å². The Bertz CT molecular complexity index is 2620. The van der Waals surface area contributed by atoms with E-state index in [0.717, 1.165) is 23.7 Å². The maximum absolute atomic E-state index is 3.59. The van der Waals surface area contributed by atoms with Crippen LogP contribution in [0.25, 0.3) is 71.6 Å². The van der Waals surface area contributed by atoms with E-state index in [2.05, 4.69) is 137 Å². The van der Waals surface area contributed by atoms with E-state index >= 15 is 0 Å². The predicted octanol–water partition coefficient (Wildman–Crippen LogP) is 11.8. The summed E-state index contributed by atoms with van der Waals surface area (Å²) in [4.78, 5) is 3.59. The van der Waals surface area contributed by atoms with Gasteiger partial charge in [-0.2, -0.15) is 0 Å². The third-order valence-corrected chi connectivity index (χ3v) is 13.3. The Labute approximate surface area is 280 Å². The van der Waals surface area contributed by atoms with Crippen LogP contribution in [0.2, 0.25) is 0 Å². The Morgan fingerprint density at radius 2 is 1.12 bits per heavy atom. The number of nitrogens with one attached hydrogen (secondary N) is 1. The lowest BCUT2D eigenvalue weighted by atomic mass is 9.43. The van der Waals surface area contributed by atoms with E-state index in [1.165, 1.54) is 104 Å². The SMILES string of the molecule is c1ccc2c(c1)-c1ccc(-n3c4ccccc4c4cc(-c5ccc6[nH]c7ccccc7c6c5)ccc43)cc1C21C2CC3CC(C2)CC1C3. The molecule has 4 bridgehead atoms. The molecule has 1 spiro atoms. The first-order valence-corrected chi connectivity index (χ1v) is 18.0. The normalized spacial score (nSPS) is 25.2. The molecule has 2 aromatic heterocycles. The van der Waals surface area contributed by atoms with Crippen molar-refractivity contribution >= 4 is 43.6 Å². The molecule has 8 aromatic rings. The van der Waals surface area contributed by atoms with Crippen molar-refractivity contribution in [2.24, 2.45) is 23.7 Å². The molecule has 230 valence electrons. The smallest absolute Gasteiger partial charge is 0.0541 e. The van der Waals surface area contributed by atoms with Crippen molar-refractivity contribution in [2.75, 3.05) is 0 Å². The van der Waals surface area contributed by atoms with E-state index in [9.17, 15) is 0 Å². The number of hydrogen-bond acceptors (Lipinski definition) is 0. The van der Waals surface area contributed by atoms with Gasteiger partial charge >= 0.3 is 0 Å². The summed E-state index contributed by atoms with van der Waals surface area (Å²) in [7, 11) is 0. The Morgan fingerprint density at radius 1 is 0.479 bits per heavy atom. The summed E-state index contributed by atoms with van der Waals surface area (Å²) in [6.45, 7) is 0. The largest absolute Gasteiger partial charge is 0.355 e. The number of hydrogen-bond donors (Lipinski definition) is 1. The van der Waals surface area contributed by atoms with Gasteiger partial charge in [-0.1, -0.05) is 78.9 Å². The number of rotatable bonds is 2. The molecule has 0 saturated heterocycles. The molecule has 2 heterocycles. The number of aromatic nitrogens is 2. The first-order valence-electron chi connectivity index (χ1n) is 18.0. The minimum absolute atomic E-state index is 0.169. The maximum Gasteiger partial charge on any atom is 0.0541 e. The molecular weight excluding hydrogens is 581 g/mol. The van der Waals surface area contributed by atoms with Crippen molar-refractivity contribution in [1.82, 2.24) is 9.55 Å². The summed E-state index contributed by atoms with van der Waals surface area (Å²) in [5, 5.41) is 5.19. The molecule has 2 heteroatoms. The fraction of sp³-hybridized carbons (Fsp3) is 0.217. The van der Waals surface area contributed by atoms with E-state index < -0.39 is 0 Å². The van der Waals surface area contributed by atoms with Crippen LogP contribution in [0.4, 0.5) is 0 Å². The highest BCUT2D eigenvalue weighted by atomic mass is 15.0. The minimum Gasteiger partial charge on any atom is -0.355 e. The van der Waals surface area contributed by atoms with Crippen LogP contribution in [-0.2, 0) is 5.41 Å². The lowest BCUT2D eigenvalue weighted by molar-refractivity contribution is -0.0399. The molecule has 0 aliphatic heterocycles. The van der Waals surface area contributed by atoms with Gasteiger partial charge in [0.05, 0.1) is 11.0 Å². The molecule has 0 atom stereocenters. The first-order chi connectivity index (χ1) is 23.7. The molecule has 6 aromatic carbocycles. The van der Waals surface area contributed by atoms with Crippen molar-refractivity contribution in [2.45, 2.75) is 37.5 Å². The summed E-state index contributed by atoms with van der Waals surface area (Å²) in [5.74, 6) is 3.42. The van der Waals surface area contributed by atoms with Gasteiger partial charge in [-0.25, -0.2) is 0 Å². The second kappa shape index (κ2) is 9.08. The van der Waals surface area contributed by atoms with Crippen LogP contribution in [0.5, 0.6) is 0 Å². The van der Waals surface area contributed by atoms with E-state index in [0.29, 0.717) is 0 Å². The topological polar surface area (TPSA) is 20.7 Å². The van der Waals surface area contributed by atoms with Gasteiger partial charge in [0.25, 0.3) is 0 Å². The van der Waals surface area contributed by atoms with Crippen LogP contribution in [0.3, 0.4) is 0 Å². The number of H-pyrrole nitrogens is 1. The second-order valence-electron chi connectivity index (χ2n) is 15.5. The van der Waals surface area contributed by atoms with Crippen LogP contribution in [0, 0.1) is 23.7 Å². The van der Waals surface area contributed by atoms with E-state index in [1.54, 1.807) is 11.1 Å². The van der Waals surface area contributed by atoms with Gasteiger partial charge in [0, 0.05) is 43.7 Å². The Morgan fingerprint density at radius 3 is 1.98 bits per heavy atom. The zero-order valence-electron chi connectivity index (χ0n) is 26.9. The molecule has 5 aliphatic carbocycles. The monoisotopic (exact) mass is 616 g/mol. The summed E-state index contributed by atoms with van der Waals surface area (Å²) in [6, 6.07) is 48.6. The number of para-hydroxylation sites is 2. The number of fused-ring (bicyclic) bond motifs is 9. The number of nitrogens with zero attached hydrogens (tertiary/aromatic N) is 1. The highest BCUT2D eigenvalue weighted by Crippen LogP contribution is 2.69. The first kappa shape index (κ1) is 25.9. The van der Waals surface area contributed by atoms with Gasteiger partial charge in [-0.05, 0) is 138 Å². The molecule has 4 fully saturated rings. The average Bonchev–Trinajstić information content (AvgIpc) is 3.76. The van der Waals surface area contributed by atoms with E-state index in [-0.39, 0.29) is 5.41 Å². The zero-order valence-corrected chi connectivity index (χ0v) is 26.9. The Balaban J connectivity index is 1.06. The van der Waals surface area contributed by atoms with Gasteiger partial charge in [0.2, 0.25) is 0 Å². The molecule has 4 saturated carbocycles. The predicted molar refractivity (Wildman–Crippen MR) is 199 cm³/mol. The fourth-order valence-electron chi connectivity index (χ4n) is 11.7. The van der Waals surface area contributed by atoms with Gasteiger partial charge in [0.15, 0.2) is 0 Å². The number of benzene rings is 6. The standard InChI is InChI=1S/C46H36N2/c1-4-10-40-34(7-1)35-16-15-33(26-41(35)46(40)31-20-27-19-28(22-31)23-32(46)21-27)48-44-12-6-3-9-37(44)39-25-30(14-18-45(39)48)29-13-17-43-38(24-29)36-8-2-5-11-42(36)47-43/h1-18,24-28,31-32,47H,19-23H2. The summed E-state index contributed by atoms with van der Waals surface area (Å²) in [5.41, 5.74) is 15.1. The molecule has 0 radical (unpaired) electrons. The van der Waals surface area contributed by atoms with Crippen molar-refractivity contribution in [3.05, 3.63) is 139 Å². The maximum atomic E-state index is 3.59. The molecule has 0 amide bonds. The van der Waals surface area contributed by atoms with Crippen molar-refractivity contribution in [1.29, 1.82) is 0 Å². The lowest BCUT2D eigenvalue weighted by Gasteiger charge is -2.61. The van der Waals surface area contributed by atoms with Gasteiger partial charge in [0.1, 0.15) is 0 Å². The molecule has 13 rings (SSSR count). The zero-order chi connectivity index (χ0) is 31.1. The number of aromatic amines is 1. The van der Waals surface area contributed by atoms with Gasteiger partial charge < -0.3 is 9.55 Å². The highest BCUT2D eigenvalue weighted by molar-refractivity contribution is 6.12. The quantitative estimate of drug-likeness (QED) is 0.199. The van der Waals surface area contributed by atoms with E-state index in [4.69, 9.17) is 0 Å². The van der Waals surface area contributed by atoms with Crippen molar-refractivity contribution in [3.63, 3.8) is 0 Å². The molecular formula is C46H36N2. The Kier molecular flexibility index (Phi) is 4.91. The summed E-state index contributed by atoms with van der Waals surface area (Å²) >= 11 is 0. The van der Waals surface area contributed by atoms with Crippen LogP contribution in [-0.4, -0.2) is 9.55 Å². The molecule has 48 heavy (non-hydrogen) atoms. The molecule has 2 nitrogen and oxygen atoms in total. The van der Waals surface area contributed by atoms with Crippen molar-refractivity contribution in [3.8, 4) is 27.9 Å². The van der Waals surface area contributed by atoms with Crippen LogP contribution < -0.4 is 0 Å². The van der Waals surface area contributed by atoms with E-state index in [1.807, 2.05) is 0 Å². The van der Waals surface area contributed by atoms with Gasteiger partial charge in [-0.3, -0.25) is 0 Å². The fourth-order valence-corrected chi connectivity index (χ4v) is 11.7. The lowest BCUT2D eigenvalue weighted by Crippen LogP contribution is -2.55. The highest BCUT2D eigenvalue weighted by Gasteiger charge is 2.61. The molecule has 1 N–H and O–H groups in total. The molecule has 0 unspecified atom stereocenters. The third kappa shape index (κ3) is 3.19. The van der Waals surface area contributed by atoms with Crippen LogP contribution in [0.15, 0.2) is 127 Å². The molecule has 5 aliphatic rings. The average molecular weight is 617 g/mol. The van der Waals surface area contributed by atoms with Gasteiger partial charge in [-0.15, -0.1) is 0 Å². The second-order valence-corrected chi connectivity index (χ2v) is 15.5. The Hall–Kier alpha value is -5.08. The third-order valence-electron chi connectivity index (χ3n) is 13.3. The van der Waals surface area contributed by atoms with Crippen molar-refractivity contribution < 1.29 is 0 Å². The summed E-state index contributed by atoms with van der Waals surface area (Å²) < 4.78 is 2.55. The van der Waals surface area contributed by atoms with Crippen LogP contribution in [0.1, 0.15) is 43.2 Å². The minimum atomic E-state index is 0.169.